The van der Waals surface area contributed by atoms with Crippen molar-refractivity contribution in [1.82, 2.24) is 5.32 Å². The zero-order valence-electron chi connectivity index (χ0n) is 11.4. The third-order valence-electron chi connectivity index (χ3n) is 2.89. The molecule has 0 heterocycles. The third kappa shape index (κ3) is 4.98. The fraction of sp³-hybridized carbons (Fsp3) is 0.467. The van der Waals surface area contributed by atoms with Crippen molar-refractivity contribution >= 4 is 6.08 Å². The molecule has 0 aliphatic carbocycles. The van der Waals surface area contributed by atoms with E-state index in [9.17, 15) is 4.39 Å². The van der Waals surface area contributed by atoms with E-state index in [0.717, 1.165) is 30.6 Å². The molecule has 0 radical (unpaired) electrons. The fourth-order valence-corrected chi connectivity index (χ4v) is 1.69. The Bertz CT molecular complexity index is 401. The van der Waals surface area contributed by atoms with Crippen molar-refractivity contribution in [3.63, 3.8) is 0 Å². The van der Waals surface area contributed by atoms with E-state index in [1.54, 1.807) is 13.2 Å². The van der Waals surface area contributed by atoms with Crippen molar-refractivity contribution in [2.24, 2.45) is 0 Å². The second-order valence-corrected chi connectivity index (χ2v) is 4.33. The van der Waals surface area contributed by atoms with Crippen LogP contribution in [0.4, 0.5) is 4.39 Å². The summed E-state index contributed by atoms with van der Waals surface area (Å²) >= 11 is 0. The maximum absolute atomic E-state index is 13.2. The van der Waals surface area contributed by atoms with Gasteiger partial charge in [0.2, 0.25) is 0 Å². The van der Waals surface area contributed by atoms with Crippen LogP contribution in [0, 0.1) is 12.7 Å². The highest BCUT2D eigenvalue weighted by atomic mass is 19.1. The lowest BCUT2D eigenvalue weighted by atomic mass is 10.0. The van der Waals surface area contributed by atoms with Crippen LogP contribution in [0.15, 0.2) is 23.8 Å². The smallest absolute Gasteiger partial charge is 0.123 e. The fourth-order valence-electron chi connectivity index (χ4n) is 1.69. The molecule has 18 heavy (non-hydrogen) atoms. The van der Waals surface area contributed by atoms with Crippen molar-refractivity contribution in [3.8, 4) is 0 Å². The summed E-state index contributed by atoms with van der Waals surface area (Å²) in [6.45, 7) is 6.46. The average molecular weight is 251 g/mol. The van der Waals surface area contributed by atoms with E-state index in [1.807, 2.05) is 13.0 Å². The largest absolute Gasteiger partial charge is 0.383 e. The van der Waals surface area contributed by atoms with Gasteiger partial charge < -0.3 is 10.1 Å². The number of methoxy groups -OCH3 is 1. The van der Waals surface area contributed by atoms with Gasteiger partial charge in [-0.15, -0.1) is 0 Å². The summed E-state index contributed by atoms with van der Waals surface area (Å²) in [5.74, 6) is -0.186. The van der Waals surface area contributed by atoms with Crippen LogP contribution in [0.25, 0.3) is 6.08 Å². The number of hydrogen-bond donors (Lipinski definition) is 1. The van der Waals surface area contributed by atoms with Crippen LogP contribution < -0.4 is 5.32 Å². The van der Waals surface area contributed by atoms with Gasteiger partial charge in [0.1, 0.15) is 5.82 Å². The Kier molecular flexibility index (Phi) is 6.61. The van der Waals surface area contributed by atoms with Crippen LogP contribution in [-0.4, -0.2) is 26.8 Å². The SMILES string of the molecule is CC/C(=C/c1cc(F)ccc1C)CNCCOC. The summed E-state index contributed by atoms with van der Waals surface area (Å²) in [6, 6.07) is 4.89. The molecule has 0 atom stereocenters. The quantitative estimate of drug-likeness (QED) is 0.752. The molecule has 1 aromatic rings. The molecule has 0 bridgehead atoms. The summed E-state index contributed by atoms with van der Waals surface area (Å²) in [7, 11) is 1.69. The highest BCUT2D eigenvalue weighted by Gasteiger charge is 2.00. The van der Waals surface area contributed by atoms with Crippen molar-refractivity contribution in [2.45, 2.75) is 20.3 Å². The minimum absolute atomic E-state index is 0.186. The number of halogens is 1. The Morgan fingerprint density at radius 2 is 2.22 bits per heavy atom. The van der Waals surface area contributed by atoms with Gasteiger partial charge in [-0.25, -0.2) is 4.39 Å². The highest BCUT2D eigenvalue weighted by Crippen LogP contribution is 2.15. The van der Waals surface area contributed by atoms with Gasteiger partial charge in [-0.2, -0.15) is 0 Å². The van der Waals surface area contributed by atoms with Crippen molar-refractivity contribution in [1.29, 1.82) is 0 Å². The second kappa shape index (κ2) is 8.01. The minimum atomic E-state index is -0.186. The van der Waals surface area contributed by atoms with Crippen molar-refractivity contribution in [2.75, 3.05) is 26.8 Å². The van der Waals surface area contributed by atoms with E-state index in [0.29, 0.717) is 6.61 Å². The number of nitrogens with one attached hydrogen (secondary N) is 1. The number of rotatable bonds is 7. The van der Waals surface area contributed by atoms with Crippen LogP contribution >= 0.6 is 0 Å². The molecular formula is C15H22FNO. The van der Waals surface area contributed by atoms with E-state index in [4.69, 9.17) is 4.74 Å². The van der Waals surface area contributed by atoms with Crippen molar-refractivity contribution < 1.29 is 9.13 Å². The maximum atomic E-state index is 13.2. The molecule has 0 fully saturated rings. The minimum Gasteiger partial charge on any atom is -0.383 e. The standard InChI is InChI=1S/C15H22FNO/c1-4-13(11-17-7-8-18-3)9-14-10-15(16)6-5-12(14)2/h5-6,9-10,17H,4,7-8,11H2,1-3H3/b13-9-. The molecule has 0 saturated carbocycles. The number of benzene rings is 1. The van der Waals surface area contributed by atoms with Gasteiger partial charge in [0.05, 0.1) is 6.61 Å². The van der Waals surface area contributed by atoms with Gasteiger partial charge >= 0.3 is 0 Å². The zero-order valence-corrected chi connectivity index (χ0v) is 11.4. The third-order valence-corrected chi connectivity index (χ3v) is 2.89. The summed E-state index contributed by atoms with van der Waals surface area (Å²) in [5, 5.41) is 3.30. The molecular weight excluding hydrogens is 229 g/mol. The predicted molar refractivity (Wildman–Crippen MR) is 74.2 cm³/mol. The Morgan fingerprint density at radius 3 is 2.89 bits per heavy atom. The molecule has 0 aliphatic rings. The average Bonchev–Trinajstić information content (AvgIpc) is 2.37. The molecule has 0 amide bonds. The Balaban J connectivity index is 2.68. The molecule has 0 saturated heterocycles. The van der Waals surface area contributed by atoms with Gasteiger partial charge in [-0.1, -0.05) is 24.6 Å². The molecule has 3 heteroatoms. The summed E-state index contributed by atoms with van der Waals surface area (Å²) < 4.78 is 18.2. The zero-order chi connectivity index (χ0) is 13.4. The molecule has 1 rings (SSSR count). The first kappa shape index (κ1) is 14.9. The van der Waals surface area contributed by atoms with Gasteiger partial charge in [-0.3, -0.25) is 0 Å². The second-order valence-electron chi connectivity index (χ2n) is 4.33. The Morgan fingerprint density at radius 1 is 1.44 bits per heavy atom. The topological polar surface area (TPSA) is 21.3 Å². The van der Waals surface area contributed by atoms with Gasteiger partial charge in [0.15, 0.2) is 0 Å². The van der Waals surface area contributed by atoms with Gasteiger partial charge in [0, 0.05) is 20.2 Å². The Hall–Kier alpha value is -1.19. The molecule has 100 valence electrons. The van der Waals surface area contributed by atoms with Crippen LogP contribution in [0.1, 0.15) is 24.5 Å². The first-order valence-corrected chi connectivity index (χ1v) is 6.32. The van der Waals surface area contributed by atoms with E-state index in [2.05, 4.69) is 18.3 Å². The van der Waals surface area contributed by atoms with Gasteiger partial charge in [-0.05, 0) is 36.6 Å². The first-order valence-electron chi connectivity index (χ1n) is 6.32. The van der Waals surface area contributed by atoms with Crippen LogP contribution in [0.2, 0.25) is 0 Å². The molecule has 1 N–H and O–H groups in total. The van der Waals surface area contributed by atoms with Crippen molar-refractivity contribution in [3.05, 3.63) is 40.7 Å². The molecule has 0 spiro atoms. The first-order chi connectivity index (χ1) is 8.67. The lowest BCUT2D eigenvalue weighted by molar-refractivity contribution is 0.200. The lowest BCUT2D eigenvalue weighted by Crippen LogP contribution is -2.21. The van der Waals surface area contributed by atoms with E-state index < -0.39 is 0 Å². The number of ether oxygens (including phenoxy) is 1. The summed E-state index contributed by atoms with van der Waals surface area (Å²) in [5.41, 5.74) is 3.32. The summed E-state index contributed by atoms with van der Waals surface area (Å²) in [4.78, 5) is 0. The Labute approximate surface area is 109 Å². The van der Waals surface area contributed by atoms with Crippen LogP contribution in [0.5, 0.6) is 0 Å². The van der Waals surface area contributed by atoms with Gasteiger partial charge in [0.25, 0.3) is 0 Å². The predicted octanol–water partition coefficient (Wildman–Crippen LogP) is 3.16. The molecule has 2 nitrogen and oxygen atoms in total. The van der Waals surface area contributed by atoms with E-state index >= 15 is 0 Å². The molecule has 0 aliphatic heterocycles. The molecule has 1 aromatic carbocycles. The normalized spacial score (nSPS) is 11.9. The lowest BCUT2D eigenvalue weighted by Gasteiger charge is -2.08. The van der Waals surface area contributed by atoms with E-state index in [1.165, 1.54) is 11.6 Å². The van der Waals surface area contributed by atoms with Crippen LogP contribution in [0.3, 0.4) is 0 Å². The van der Waals surface area contributed by atoms with E-state index in [-0.39, 0.29) is 5.82 Å². The maximum Gasteiger partial charge on any atom is 0.123 e. The monoisotopic (exact) mass is 251 g/mol. The summed E-state index contributed by atoms with van der Waals surface area (Å²) in [6.07, 6.45) is 3.02. The van der Waals surface area contributed by atoms with Crippen LogP contribution in [-0.2, 0) is 4.74 Å². The molecule has 0 aromatic heterocycles. The number of aryl methyl sites for hydroxylation is 1. The molecule has 0 unspecified atom stereocenters. The highest BCUT2D eigenvalue weighted by molar-refractivity contribution is 5.56. The number of hydrogen-bond acceptors (Lipinski definition) is 2.